The lowest BCUT2D eigenvalue weighted by Crippen LogP contribution is -2.03. The Morgan fingerprint density at radius 3 is 1.15 bits per heavy atom. The molecule has 1 atom stereocenters. The summed E-state index contributed by atoms with van der Waals surface area (Å²) in [5, 5.41) is 24.7. The molecule has 0 spiro atoms. The van der Waals surface area contributed by atoms with Gasteiger partial charge in [0, 0.05) is 13.2 Å². The van der Waals surface area contributed by atoms with Crippen LogP contribution in [0.4, 0.5) is 0 Å². The van der Waals surface area contributed by atoms with E-state index in [2.05, 4.69) is 13.8 Å². The van der Waals surface area contributed by atoms with Gasteiger partial charge in [-0.15, -0.1) is 0 Å². The fourth-order valence-electron chi connectivity index (χ4n) is 2.65. The van der Waals surface area contributed by atoms with Crippen LogP contribution in [0.3, 0.4) is 0 Å². The molecule has 0 heterocycles. The highest BCUT2D eigenvalue weighted by Crippen LogP contribution is 2.13. The third kappa shape index (κ3) is 31.6. The van der Waals surface area contributed by atoms with Gasteiger partial charge in [-0.1, -0.05) is 77.0 Å². The minimum atomic E-state index is -0.560. The van der Waals surface area contributed by atoms with Crippen LogP contribution in [0.2, 0.25) is 0 Å². The molecule has 0 aromatic carbocycles. The fourth-order valence-corrected chi connectivity index (χ4v) is 2.65. The molecule has 0 aliphatic carbocycles. The summed E-state index contributed by atoms with van der Waals surface area (Å²) in [4.78, 5) is 0. The Hall–Kier alpha value is -0.160. The van der Waals surface area contributed by atoms with E-state index in [1.807, 2.05) is 0 Å². The lowest BCUT2D eigenvalue weighted by molar-refractivity contribution is 0.0756. The highest BCUT2D eigenvalue weighted by atomic mass is 16.5. The molecule has 0 radical (unpaired) electrons. The number of ether oxygens (including phenoxy) is 1. The number of aliphatic hydroxyl groups excluding tert-OH is 3. The van der Waals surface area contributed by atoms with Crippen LogP contribution >= 0.6 is 0 Å². The first-order valence-corrected chi connectivity index (χ1v) is 11.1. The molecule has 4 heteroatoms. The molecule has 0 aliphatic heterocycles. The normalized spacial score (nSPS) is 12.1. The predicted octanol–water partition coefficient (Wildman–Crippen LogP) is 5.22. The first-order valence-electron chi connectivity index (χ1n) is 11.1. The molecule has 0 fully saturated rings. The molecule has 4 nitrogen and oxygen atoms in total. The molecule has 3 N–H and O–H groups in total. The summed E-state index contributed by atoms with van der Waals surface area (Å²) in [6.07, 6.45) is 18.5. The van der Waals surface area contributed by atoms with Crippen molar-refractivity contribution < 1.29 is 20.1 Å². The third-order valence-electron chi connectivity index (χ3n) is 4.27. The van der Waals surface area contributed by atoms with Crippen molar-refractivity contribution in [2.45, 2.75) is 123 Å². The van der Waals surface area contributed by atoms with Crippen LogP contribution < -0.4 is 0 Å². The minimum absolute atomic E-state index is 0.139. The zero-order chi connectivity index (χ0) is 19.9. The maximum atomic E-state index is 8.69. The first-order chi connectivity index (χ1) is 12.5. The summed E-state index contributed by atoms with van der Waals surface area (Å²) in [5.41, 5.74) is 0. The van der Waals surface area contributed by atoms with Crippen LogP contribution in [0.5, 0.6) is 0 Å². The molecule has 0 saturated heterocycles. The number of hydrogen-bond donors (Lipinski definition) is 3. The second-order valence-electron chi connectivity index (χ2n) is 7.62. The predicted molar refractivity (Wildman–Crippen MR) is 112 cm³/mol. The lowest BCUT2D eigenvalue weighted by atomic mass is 10.0. The van der Waals surface area contributed by atoms with Gasteiger partial charge in [0.25, 0.3) is 0 Å². The van der Waals surface area contributed by atoms with Gasteiger partial charge in [-0.2, -0.15) is 0 Å². The first kappa shape index (κ1) is 28.1. The molecule has 0 aromatic heterocycles. The van der Waals surface area contributed by atoms with E-state index >= 15 is 0 Å². The van der Waals surface area contributed by atoms with E-state index < -0.39 is 6.10 Å². The second kappa shape index (κ2) is 24.8. The van der Waals surface area contributed by atoms with E-state index in [0.29, 0.717) is 12.7 Å². The number of aliphatic hydroxyl groups is 3. The largest absolute Gasteiger partial charge is 0.396 e. The van der Waals surface area contributed by atoms with E-state index in [4.69, 9.17) is 20.1 Å². The van der Waals surface area contributed by atoms with Gasteiger partial charge in [0.1, 0.15) is 0 Å². The van der Waals surface area contributed by atoms with Crippen LogP contribution in [0.1, 0.15) is 111 Å². The summed E-state index contributed by atoms with van der Waals surface area (Å²) in [7, 11) is 0. The molecular weight excluding hydrogens is 328 g/mol. The average Bonchev–Trinajstić information content (AvgIpc) is 2.61. The second-order valence-corrected chi connectivity index (χ2v) is 7.62. The van der Waals surface area contributed by atoms with E-state index in [1.54, 1.807) is 0 Å². The Bertz CT molecular complexity index is 232. The van der Waals surface area contributed by atoms with Gasteiger partial charge in [-0.3, -0.25) is 0 Å². The molecule has 0 amide bonds. The molecule has 160 valence electrons. The molecule has 0 bridgehead atoms. The zero-order valence-corrected chi connectivity index (χ0v) is 17.9. The van der Waals surface area contributed by atoms with Crippen LogP contribution in [-0.2, 0) is 4.74 Å². The Morgan fingerprint density at radius 2 is 0.885 bits per heavy atom. The van der Waals surface area contributed by atoms with Crippen LogP contribution in [0, 0.1) is 0 Å². The minimum Gasteiger partial charge on any atom is -0.396 e. The van der Waals surface area contributed by atoms with Gasteiger partial charge in [0.05, 0.1) is 18.8 Å². The molecular formula is C22H48O4. The van der Waals surface area contributed by atoms with Crippen molar-refractivity contribution in [3.63, 3.8) is 0 Å². The van der Waals surface area contributed by atoms with Gasteiger partial charge in [0.15, 0.2) is 0 Å². The third-order valence-corrected chi connectivity index (χ3v) is 4.27. The van der Waals surface area contributed by atoms with Gasteiger partial charge in [-0.25, -0.2) is 0 Å². The average molecular weight is 377 g/mol. The summed E-state index contributed by atoms with van der Waals surface area (Å²) in [6, 6.07) is 0. The summed E-state index contributed by atoms with van der Waals surface area (Å²) >= 11 is 0. The monoisotopic (exact) mass is 376 g/mol. The SMILES string of the molecule is CC(C)OCCCCCCCCCCCCCCCCO.CC(O)CO. The quantitative estimate of drug-likeness (QED) is 0.287. The lowest BCUT2D eigenvalue weighted by Gasteiger charge is -2.07. The van der Waals surface area contributed by atoms with Crippen LogP contribution in [-0.4, -0.2) is 47.3 Å². The van der Waals surface area contributed by atoms with Gasteiger partial charge >= 0.3 is 0 Å². The number of rotatable bonds is 18. The van der Waals surface area contributed by atoms with Gasteiger partial charge in [0.2, 0.25) is 0 Å². The van der Waals surface area contributed by atoms with Crippen molar-refractivity contribution in [3.8, 4) is 0 Å². The Kier molecular flexibility index (Phi) is 26.8. The Morgan fingerprint density at radius 1 is 0.577 bits per heavy atom. The summed E-state index contributed by atoms with van der Waals surface area (Å²) in [6.45, 7) is 6.91. The van der Waals surface area contributed by atoms with Crippen molar-refractivity contribution in [3.05, 3.63) is 0 Å². The van der Waals surface area contributed by atoms with Crippen molar-refractivity contribution >= 4 is 0 Å². The van der Waals surface area contributed by atoms with Gasteiger partial charge in [-0.05, 0) is 33.6 Å². The number of hydrogen-bond acceptors (Lipinski definition) is 4. The highest BCUT2D eigenvalue weighted by Gasteiger charge is 1.95. The Balaban J connectivity index is 0. The zero-order valence-electron chi connectivity index (χ0n) is 17.9. The van der Waals surface area contributed by atoms with E-state index in [-0.39, 0.29) is 6.61 Å². The fraction of sp³-hybridized carbons (Fsp3) is 1.00. The van der Waals surface area contributed by atoms with E-state index in [1.165, 1.54) is 90.4 Å². The molecule has 0 aromatic rings. The smallest absolute Gasteiger partial charge is 0.0742 e. The van der Waals surface area contributed by atoms with E-state index in [0.717, 1.165) is 13.0 Å². The topological polar surface area (TPSA) is 69.9 Å². The maximum Gasteiger partial charge on any atom is 0.0742 e. The molecule has 0 saturated carbocycles. The number of unbranched alkanes of at least 4 members (excludes halogenated alkanes) is 13. The standard InChI is InChI=1S/C19H40O2.C3H8O2/c1-19(2)21-18-16-14-12-10-8-6-4-3-5-7-9-11-13-15-17-20;1-3(5)2-4/h19-20H,3-18H2,1-2H3;3-5H,2H2,1H3. The molecule has 26 heavy (non-hydrogen) atoms. The Labute approximate surface area is 163 Å². The van der Waals surface area contributed by atoms with Crippen LogP contribution in [0.25, 0.3) is 0 Å². The maximum absolute atomic E-state index is 8.69. The van der Waals surface area contributed by atoms with Crippen molar-refractivity contribution in [2.24, 2.45) is 0 Å². The van der Waals surface area contributed by atoms with Crippen molar-refractivity contribution in [2.75, 3.05) is 19.8 Å². The van der Waals surface area contributed by atoms with Crippen molar-refractivity contribution in [1.82, 2.24) is 0 Å². The van der Waals surface area contributed by atoms with Crippen LogP contribution in [0.15, 0.2) is 0 Å². The van der Waals surface area contributed by atoms with Crippen molar-refractivity contribution in [1.29, 1.82) is 0 Å². The van der Waals surface area contributed by atoms with Gasteiger partial charge < -0.3 is 20.1 Å². The summed E-state index contributed by atoms with van der Waals surface area (Å²) < 4.78 is 5.54. The molecule has 1 unspecified atom stereocenters. The van der Waals surface area contributed by atoms with E-state index in [9.17, 15) is 0 Å². The molecule has 0 aliphatic rings. The summed E-state index contributed by atoms with van der Waals surface area (Å²) in [5.74, 6) is 0. The highest BCUT2D eigenvalue weighted by molar-refractivity contribution is 4.49. The molecule has 0 rings (SSSR count).